The number of ketones is 1. The molecule has 15 nitrogen and oxygen atoms in total. The van der Waals surface area contributed by atoms with Crippen LogP contribution in [0, 0.1) is 0 Å². The summed E-state index contributed by atoms with van der Waals surface area (Å²) < 4.78 is 10.2. The van der Waals surface area contributed by atoms with Crippen LogP contribution in [0.4, 0.5) is 0 Å². The predicted molar refractivity (Wildman–Crippen MR) is 101 cm³/mol. The fourth-order valence-electron chi connectivity index (χ4n) is 3.99. The van der Waals surface area contributed by atoms with Crippen molar-refractivity contribution in [3.05, 3.63) is 0 Å². The second-order valence-electron chi connectivity index (χ2n) is 8.36. The van der Waals surface area contributed by atoms with E-state index in [-0.39, 0.29) is 0 Å². The summed E-state index contributed by atoms with van der Waals surface area (Å²) in [5.74, 6) is -1.74. The Labute approximate surface area is 187 Å². The first-order valence-electron chi connectivity index (χ1n) is 10.2. The van der Waals surface area contributed by atoms with E-state index in [1.807, 2.05) is 0 Å². The highest BCUT2D eigenvalue weighted by molar-refractivity contribution is 5.93. The number of aliphatic hydroxyl groups is 12. The molecule has 0 saturated carbocycles. The molecule has 0 spiro atoms. The number of hydrogen-bond donors (Lipinski definition) is 12. The van der Waals surface area contributed by atoms with Crippen LogP contribution in [0.5, 0.6) is 0 Å². The Morgan fingerprint density at radius 2 is 1.24 bits per heavy atom. The van der Waals surface area contributed by atoms with Gasteiger partial charge in [0.2, 0.25) is 5.78 Å². The average molecular weight is 488 g/mol. The first-order chi connectivity index (χ1) is 15.2. The fraction of sp³-hybridized carbons (Fsp3) is 0.944. The highest BCUT2D eigenvalue weighted by atomic mass is 16.6. The van der Waals surface area contributed by atoms with Crippen molar-refractivity contribution >= 4 is 5.78 Å². The molecule has 2 aliphatic heterocycles. The van der Waals surface area contributed by atoms with E-state index in [0.717, 1.165) is 6.92 Å². The van der Waals surface area contributed by atoms with E-state index < -0.39 is 104 Å². The first-order valence-corrected chi connectivity index (χ1v) is 10.2. The molecule has 0 aromatic heterocycles. The molecule has 0 radical (unpaired) electrons. The second-order valence-corrected chi connectivity index (χ2v) is 8.36. The maximum atomic E-state index is 13.4. The molecule has 0 bridgehead atoms. The summed E-state index contributed by atoms with van der Waals surface area (Å²) in [6, 6.07) is 0. The van der Waals surface area contributed by atoms with E-state index in [2.05, 4.69) is 0 Å². The van der Waals surface area contributed by atoms with Crippen molar-refractivity contribution in [2.75, 3.05) is 13.2 Å². The minimum Gasteiger partial charge on any atom is -0.394 e. The van der Waals surface area contributed by atoms with Gasteiger partial charge in [0.15, 0.2) is 5.60 Å². The Bertz CT molecular complexity index is 659. The number of aliphatic hydroxyl groups excluding tert-OH is 11. The number of hydrogen-bond acceptors (Lipinski definition) is 15. The van der Waals surface area contributed by atoms with Crippen LogP contribution in [-0.2, 0) is 14.3 Å². The van der Waals surface area contributed by atoms with Crippen LogP contribution in [0.25, 0.3) is 0 Å². The number of rotatable bonds is 8. The number of ether oxygens (including phenoxy) is 2. The molecule has 2 aliphatic rings. The molecule has 0 aliphatic carbocycles. The van der Waals surface area contributed by atoms with E-state index in [1.54, 1.807) is 0 Å². The van der Waals surface area contributed by atoms with Gasteiger partial charge >= 0.3 is 0 Å². The molecule has 0 aromatic carbocycles. The lowest BCUT2D eigenvalue weighted by Gasteiger charge is -2.50. The van der Waals surface area contributed by atoms with Crippen molar-refractivity contribution < 1.29 is 75.5 Å². The molecule has 2 heterocycles. The van der Waals surface area contributed by atoms with Gasteiger partial charge in [0.05, 0.1) is 19.3 Å². The molecule has 2 unspecified atom stereocenters. The molecule has 0 amide bonds. The van der Waals surface area contributed by atoms with Gasteiger partial charge < -0.3 is 70.8 Å². The molecule has 0 aromatic rings. The van der Waals surface area contributed by atoms with Gasteiger partial charge in [-0.25, -0.2) is 0 Å². The molecule has 2 rings (SSSR count). The monoisotopic (exact) mass is 488 g/mol. The quantitative estimate of drug-likeness (QED) is 0.151. The smallest absolute Gasteiger partial charge is 0.201 e. The molecule has 194 valence electrons. The topological polar surface area (TPSA) is 278 Å². The second kappa shape index (κ2) is 10.8. The Balaban J connectivity index is 2.57. The zero-order valence-electron chi connectivity index (χ0n) is 17.5. The van der Waals surface area contributed by atoms with Crippen LogP contribution in [0.1, 0.15) is 6.92 Å². The third-order valence-corrected chi connectivity index (χ3v) is 6.14. The van der Waals surface area contributed by atoms with Gasteiger partial charge in [-0.05, 0) is 6.92 Å². The predicted octanol–water partition coefficient (Wildman–Crippen LogP) is -7.93. The van der Waals surface area contributed by atoms with Crippen molar-refractivity contribution in [1.29, 1.82) is 0 Å². The molecule has 15 heteroatoms. The molecule has 14 atom stereocenters. The number of carbonyl (C=O) groups excluding carboxylic acids is 1. The Hall–Kier alpha value is -0.890. The third-order valence-electron chi connectivity index (χ3n) is 6.14. The molecule has 12 N–H and O–H groups in total. The lowest BCUT2D eigenvalue weighted by molar-refractivity contribution is -0.292. The minimum atomic E-state index is -3.50. The molecule has 33 heavy (non-hydrogen) atoms. The van der Waals surface area contributed by atoms with E-state index in [1.165, 1.54) is 0 Å². The lowest BCUT2D eigenvalue weighted by atomic mass is 9.73. The number of carbonyl (C=O) groups is 1. The van der Waals surface area contributed by atoms with Crippen LogP contribution < -0.4 is 0 Å². The van der Waals surface area contributed by atoms with Crippen LogP contribution in [-0.4, -0.2) is 165 Å². The Morgan fingerprint density at radius 1 is 0.788 bits per heavy atom. The first kappa shape index (κ1) is 28.3. The fourth-order valence-corrected chi connectivity index (χ4v) is 3.99. The maximum Gasteiger partial charge on any atom is 0.201 e. The molecule has 2 fully saturated rings. The van der Waals surface area contributed by atoms with Crippen molar-refractivity contribution in [3.63, 3.8) is 0 Å². The van der Waals surface area contributed by atoms with Crippen molar-refractivity contribution in [1.82, 2.24) is 0 Å². The van der Waals surface area contributed by atoms with Crippen molar-refractivity contribution in [2.24, 2.45) is 0 Å². The Kier molecular flexibility index (Phi) is 9.28. The van der Waals surface area contributed by atoms with E-state index in [9.17, 15) is 66.1 Å². The summed E-state index contributed by atoms with van der Waals surface area (Å²) in [5, 5.41) is 121. The summed E-state index contributed by atoms with van der Waals surface area (Å²) in [7, 11) is 0. The van der Waals surface area contributed by atoms with Crippen molar-refractivity contribution in [2.45, 2.75) is 91.9 Å². The van der Waals surface area contributed by atoms with E-state index >= 15 is 0 Å². The van der Waals surface area contributed by atoms with Gasteiger partial charge in [-0.15, -0.1) is 0 Å². The zero-order chi connectivity index (χ0) is 25.4. The van der Waals surface area contributed by atoms with Gasteiger partial charge in [0.25, 0.3) is 0 Å². The van der Waals surface area contributed by atoms with Crippen molar-refractivity contribution in [3.8, 4) is 0 Å². The average Bonchev–Trinajstić information content (AvgIpc) is 2.79. The Morgan fingerprint density at radius 3 is 1.70 bits per heavy atom. The molecular weight excluding hydrogens is 456 g/mol. The normalized spacial score (nSPS) is 44.5. The van der Waals surface area contributed by atoms with E-state index in [0.29, 0.717) is 0 Å². The number of Topliss-reactive ketones (excluding diaryl/α,β-unsaturated/α-hetero) is 1. The van der Waals surface area contributed by atoms with Gasteiger partial charge in [-0.1, -0.05) is 0 Å². The van der Waals surface area contributed by atoms with Crippen LogP contribution in [0.15, 0.2) is 0 Å². The van der Waals surface area contributed by atoms with Gasteiger partial charge in [-0.2, -0.15) is 0 Å². The van der Waals surface area contributed by atoms with E-state index in [4.69, 9.17) is 9.47 Å². The summed E-state index contributed by atoms with van der Waals surface area (Å²) in [6.07, 6.45) is -27.3. The maximum absolute atomic E-state index is 13.4. The highest BCUT2D eigenvalue weighted by Crippen LogP contribution is 2.36. The summed E-state index contributed by atoms with van der Waals surface area (Å²) in [6.45, 7) is -0.965. The SMILES string of the molecule is C[C@H](O)[C@H](O)[C@@H](O)[C@@](O)(C(=O)C1O[C@H](CO)[C@@H](O)[C@H](O)[C@H]1O)C1O[C@H](CO)[C@@H](O)[C@H](O)[C@H]1O. The highest BCUT2D eigenvalue weighted by Gasteiger charge is 2.64. The summed E-state index contributed by atoms with van der Waals surface area (Å²) >= 11 is 0. The summed E-state index contributed by atoms with van der Waals surface area (Å²) in [5.41, 5.74) is -3.50. The minimum absolute atomic E-state index is 0.952. The van der Waals surface area contributed by atoms with Gasteiger partial charge in [-0.3, -0.25) is 4.79 Å². The van der Waals surface area contributed by atoms with Crippen LogP contribution >= 0.6 is 0 Å². The standard InChI is InChI=1S/C18H32O15/c1-4(21)7(22)15(29)18(31,17-13(28)11(26)9(24)6(3-20)33-17)16(30)14-12(27)10(25)8(23)5(2-19)32-14/h4-15,17,19-29,31H,2-3H2,1H3/t4-,5+,6+,7-,8+,9+,10-,11-,12+,13+,14?,15+,17?,18+/m0/s1. The van der Waals surface area contributed by atoms with Crippen LogP contribution in [0.2, 0.25) is 0 Å². The largest absolute Gasteiger partial charge is 0.394 e. The lowest BCUT2D eigenvalue weighted by Crippen LogP contribution is -2.75. The van der Waals surface area contributed by atoms with Gasteiger partial charge in [0.1, 0.15) is 73.2 Å². The zero-order valence-corrected chi connectivity index (χ0v) is 17.5. The molecular formula is C18H32O15. The van der Waals surface area contributed by atoms with Gasteiger partial charge in [0, 0.05) is 0 Å². The third kappa shape index (κ3) is 4.93. The van der Waals surface area contributed by atoms with Crippen LogP contribution in [0.3, 0.4) is 0 Å². The summed E-state index contributed by atoms with van der Waals surface area (Å²) in [4.78, 5) is 13.4. The molecule has 2 saturated heterocycles.